The summed E-state index contributed by atoms with van der Waals surface area (Å²) in [5, 5.41) is 1.94. The molecule has 0 bridgehead atoms. The first-order valence-corrected chi connectivity index (χ1v) is 9.85. The van der Waals surface area contributed by atoms with Crippen molar-refractivity contribution in [3.63, 3.8) is 0 Å². The SMILES string of the molecule is O=C1C(=O)N(Cc2ccc(-c3ccccc3)cc2)C(=O)N1CCc1cccs1. The van der Waals surface area contributed by atoms with E-state index in [0.29, 0.717) is 6.42 Å². The molecule has 1 fully saturated rings. The zero-order valence-electron chi connectivity index (χ0n) is 15.1. The normalized spacial score (nSPS) is 14.2. The van der Waals surface area contributed by atoms with Crippen LogP contribution in [0.1, 0.15) is 10.4 Å². The van der Waals surface area contributed by atoms with Gasteiger partial charge in [-0.2, -0.15) is 0 Å². The van der Waals surface area contributed by atoms with E-state index >= 15 is 0 Å². The average Bonchev–Trinajstić information content (AvgIpc) is 3.32. The van der Waals surface area contributed by atoms with Gasteiger partial charge < -0.3 is 0 Å². The van der Waals surface area contributed by atoms with Crippen LogP contribution in [0.5, 0.6) is 0 Å². The number of carbonyl (C=O) groups excluding carboxylic acids is 3. The summed E-state index contributed by atoms with van der Waals surface area (Å²) in [5.74, 6) is -1.51. The van der Waals surface area contributed by atoms with E-state index in [-0.39, 0.29) is 13.1 Å². The summed E-state index contributed by atoms with van der Waals surface area (Å²) >= 11 is 1.56. The Morgan fingerprint density at radius 3 is 2.07 bits per heavy atom. The van der Waals surface area contributed by atoms with Gasteiger partial charge in [0.05, 0.1) is 6.54 Å². The van der Waals surface area contributed by atoms with Gasteiger partial charge in [0.15, 0.2) is 0 Å². The first-order chi connectivity index (χ1) is 13.6. The molecule has 2 heterocycles. The predicted octanol–water partition coefficient (Wildman–Crippen LogP) is 3.95. The van der Waals surface area contributed by atoms with Crippen LogP contribution < -0.4 is 0 Å². The molecule has 2 aromatic carbocycles. The molecule has 140 valence electrons. The number of urea groups is 1. The summed E-state index contributed by atoms with van der Waals surface area (Å²) in [5.41, 5.74) is 2.95. The fraction of sp³-hybridized carbons (Fsp3) is 0.136. The second-order valence-electron chi connectivity index (χ2n) is 6.52. The highest BCUT2D eigenvalue weighted by molar-refractivity contribution is 7.09. The van der Waals surface area contributed by atoms with E-state index in [1.807, 2.05) is 72.1 Å². The van der Waals surface area contributed by atoms with Gasteiger partial charge in [-0.05, 0) is 28.1 Å². The second kappa shape index (κ2) is 7.78. The average molecular weight is 390 g/mol. The van der Waals surface area contributed by atoms with Gasteiger partial charge in [-0.15, -0.1) is 11.3 Å². The number of benzene rings is 2. The third-order valence-electron chi connectivity index (χ3n) is 4.70. The Hall–Kier alpha value is -3.25. The fourth-order valence-corrected chi connectivity index (χ4v) is 3.88. The molecule has 1 aliphatic rings. The van der Waals surface area contributed by atoms with E-state index in [4.69, 9.17) is 0 Å². The molecule has 0 N–H and O–H groups in total. The van der Waals surface area contributed by atoms with Gasteiger partial charge in [0.1, 0.15) is 0 Å². The van der Waals surface area contributed by atoms with E-state index in [9.17, 15) is 14.4 Å². The minimum absolute atomic E-state index is 0.0912. The van der Waals surface area contributed by atoms with Crippen molar-refractivity contribution in [2.45, 2.75) is 13.0 Å². The maximum Gasteiger partial charge on any atom is 0.334 e. The lowest BCUT2D eigenvalue weighted by atomic mass is 10.0. The van der Waals surface area contributed by atoms with Gasteiger partial charge in [-0.3, -0.25) is 19.4 Å². The Kier molecular flexibility index (Phi) is 5.04. The molecule has 4 rings (SSSR count). The Labute approximate surface area is 166 Å². The Morgan fingerprint density at radius 2 is 1.39 bits per heavy atom. The smallest absolute Gasteiger partial charge is 0.263 e. The van der Waals surface area contributed by atoms with E-state index < -0.39 is 17.8 Å². The molecule has 0 aliphatic carbocycles. The van der Waals surface area contributed by atoms with E-state index in [2.05, 4.69) is 0 Å². The first kappa shape index (κ1) is 18.1. The maximum absolute atomic E-state index is 12.6. The highest BCUT2D eigenvalue weighted by Crippen LogP contribution is 2.22. The molecule has 1 aromatic heterocycles. The zero-order chi connectivity index (χ0) is 19.5. The Morgan fingerprint density at radius 1 is 0.714 bits per heavy atom. The van der Waals surface area contributed by atoms with Gasteiger partial charge in [0.25, 0.3) is 0 Å². The van der Waals surface area contributed by atoms with Gasteiger partial charge >= 0.3 is 17.8 Å². The van der Waals surface area contributed by atoms with Crippen LogP contribution in [0.25, 0.3) is 11.1 Å². The molecule has 6 heteroatoms. The molecule has 0 spiro atoms. The minimum atomic E-state index is -0.761. The van der Waals surface area contributed by atoms with Crippen molar-refractivity contribution < 1.29 is 14.4 Å². The Bertz CT molecular complexity index is 998. The van der Waals surface area contributed by atoms with Gasteiger partial charge in [-0.1, -0.05) is 60.7 Å². The lowest BCUT2D eigenvalue weighted by molar-refractivity contribution is -0.143. The number of thiophene rings is 1. The molecule has 1 saturated heterocycles. The number of carbonyl (C=O) groups is 3. The quantitative estimate of drug-likeness (QED) is 0.473. The van der Waals surface area contributed by atoms with E-state index in [1.165, 1.54) is 0 Å². The molecule has 4 amide bonds. The molecule has 5 nitrogen and oxygen atoms in total. The van der Waals surface area contributed by atoms with Crippen LogP contribution >= 0.6 is 11.3 Å². The van der Waals surface area contributed by atoms with Gasteiger partial charge in [0.2, 0.25) is 0 Å². The van der Waals surface area contributed by atoms with Crippen molar-refractivity contribution in [3.8, 4) is 11.1 Å². The summed E-state index contributed by atoms with van der Waals surface area (Å²) in [4.78, 5) is 40.3. The number of amides is 4. The van der Waals surface area contributed by atoms with Crippen molar-refractivity contribution in [2.75, 3.05) is 6.54 Å². The van der Waals surface area contributed by atoms with Crippen LogP contribution in [-0.4, -0.2) is 34.2 Å². The lowest BCUT2D eigenvalue weighted by Crippen LogP contribution is -2.34. The highest BCUT2D eigenvalue weighted by Gasteiger charge is 2.43. The van der Waals surface area contributed by atoms with Crippen molar-refractivity contribution in [1.82, 2.24) is 9.80 Å². The molecule has 0 unspecified atom stereocenters. The number of hydrogen-bond acceptors (Lipinski definition) is 4. The first-order valence-electron chi connectivity index (χ1n) is 8.97. The summed E-state index contributed by atoms with van der Waals surface area (Å²) < 4.78 is 0. The molecule has 1 aliphatic heterocycles. The third-order valence-corrected chi connectivity index (χ3v) is 5.63. The lowest BCUT2D eigenvalue weighted by Gasteiger charge is -2.15. The molecule has 3 aromatic rings. The van der Waals surface area contributed by atoms with Crippen LogP contribution in [0, 0.1) is 0 Å². The molecule has 28 heavy (non-hydrogen) atoms. The summed E-state index contributed by atoms with van der Waals surface area (Å²) in [7, 11) is 0. The van der Waals surface area contributed by atoms with Crippen LogP contribution in [0.4, 0.5) is 4.79 Å². The largest absolute Gasteiger partial charge is 0.334 e. The fourth-order valence-electron chi connectivity index (χ4n) is 3.18. The number of hydrogen-bond donors (Lipinski definition) is 0. The number of imide groups is 2. The van der Waals surface area contributed by atoms with Crippen molar-refractivity contribution in [2.24, 2.45) is 0 Å². The maximum atomic E-state index is 12.6. The van der Waals surface area contributed by atoms with Crippen LogP contribution in [0.2, 0.25) is 0 Å². The second-order valence-corrected chi connectivity index (χ2v) is 7.56. The van der Waals surface area contributed by atoms with E-state index in [0.717, 1.165) is 31.4 Å². The molecular formula is C22H18N2O3S. The molecule has 0 radical (unpaired) electrons. The van der Waals surface area contributed by atoms with Crippen LogP contribution in [-0.2, 0) is 22.6 Å². The summed E-state index contributed by atoms with van der Waals surface area (Å²) in [6.45, 7) is 0.307. The van der Waals surface area contributed by atoms with Crippen LogP contribution in [0.15, 0.2) is 72.1 Å². The van der Waals surface area contributed by atoms with E-state index in [1.54, 1.807) is 11.3 Å². The highest BCUT2D eigenvalue weighted by atomic mass is 32.1. The van der Waals surface area contributed by atoms with Crippen molar-refractivity contribution in [3.05, 3.63) is 82.6 Å². The zero-order valence-corrected chi connectivity index (χ0v) is 15.9. The number of nitrogens with zero attached hydrogens (tertiary/aromatic N) is 2. The molecule has 0 atom stereocenters. The summed E-state index contributed by atoms with van der Waals surface area (Å²) in [6, 6.07) is 20.9. The predicted molar refractivity (Wildman–Crippen MR) is 108 cm³/mol. The van der Waals surface area contributed by atoms with Crippen molar-refractivity contribution >= 4 is 29.2 Å². The molecular weight excluding hydrogens is 372 g/mol. The van der Waals surface area contributed by atoms with Gasteiger partial charge in [-0.25, -0.2) is 4.79 Å². The van der Waals surface area contributed by atoms with Crippen LogP contribution in [0.3, 0.4) is 0 Å². The van der Waals surface area contributed by atoms with Crippen molar-refractivity contribution in [1.29, 1.82) is 0 Å². The minimum Gasteiger partial charge on any atom is -0.263 e. The standard InChI is InChI=1S/C22H18N2O3S/c25-20-21(26)24(22(27)23(20)13-12-19-7-4-14-28-19)15-16-8-10-18(11-9-16)17-5-2-1-3-6-17/h1-11,14H,12-13,15H2. The molecule has 0 saturated carbocycles. The topological polar surface area (TPSA) is 57.7 Å². The summed E-state index contributed by atoms with van der Waals surface area (Å²) in [6.07, 6.45) is 0.558. The number of rotatable bonds is 6. The Balaban J connectivity index is 1.44. The monoisotopic (exact) mass is 390 g/mol. The van der Waals surface area contributed by atoms with Gasteiger partial charge in [0, 0.05) is 17.8 Å². The third kappa shape index (κ3) is 3.59.